The number of amides is 1. The standard InChI is InChI=1S/C24H18FNO6/c25-17-6-2-1-5-16(17)21-20(23(28)24(29)26(21)13-15-4-3-9-30-15)22(27)14-7-8-18-19(12-14)32-11-10-31-18/h1-9,12,21,27H,10-11,13H2/t21-/m0/s1. The fourth-order valence-corrected chi connectivity index (χ4v) is 3.98. The van der Waals surface area contributed by atoms with Crippen LogP contribution in [0.4, 0.5) is 4.39 Å². The van der Waals surface area contributed by atoms with E-state index in [2.05, 4.69) is 0 Å². The van der Waals surface area contributed by atoms with Crippen LogP contribution in [0.25, 0.3) is 5.76 Å². The molecule has 1 atom stereocenters. The summed E-state index contributed by atoms with van der Waals surface area (Å²) in [6.07, 6.45) is 1.44. The smallest absolute Gasteiger partial charge is 0.296 e. The van der Waals surface area contributed by atoms with Gasteiger partial charge in [-0.2, -0.15) is 0 Å². The number of ketones is 1. The molecule has 1 aromatic heterocycles. The highest BCUT2D eigenvalue weighted by atomic mass is 19.1. The van der Waals surface area contributed by atoms with E-state index in [1.807, 2.05) is 0 Å². The van der Waals surface area contributed by atoms with E-state index in [4.69, 9.17) is 13.9 Å². The molecule has 32 heavy (non-hydrogen) atoms. The minimum atomic E-state index is -1.13. The Bertz CT molecular complexity index is 1230. The van der Waals surface area contributed by atoms with Gasteiger partial charge in [-0.3, -0.25) is 9.59 Å². The Hall–Kier alpha value is -4.07. The average molecular weight is 435 g/mol. The van der Waals surface area contributed by atoms with Crippen LogP contribution >= 0.6 is 0 Å². The van der Waals surface area contributed by atoms with Gasteiger partial charge in [-0.05, 0) is 36.4 Å². The first kappa shape index (κ1) is 19.9. The number of aliphatic hydroxyl groups excluding tert-OH is 1. The number of carbonyl (C=O) groups excluding carboxylic acids is 2. The fourth-order valence-electron chi connectivity index (χ4n) is 3.98. The van der Waals surface area contributed by atoms with Gasteiger partial charge in [0.05, 0.1) is 24.4 Å². The van der Waals surface area contributed by atoms with E-state index in [9.17, 15) is 19.1 Å². The van der Waals surface area contributed by atoms with Gasteiger partial charge in [-0.1, -0.05) is 18.2 Å². The zero-order chi connectivity index (χ0) is 22.2. The van der Waals surface area contributed by atoms with Crippen molar-refractivity contribution in [3.8, 4) is 11.5 Å². The maximum absolute atomic E-state index is 14.8. The molecular formula is C24H18FNO6. The number of fused-ring (bicyclic) bond motifs is 1. The molecule has 0 spiro atoms. The second kappa shape index (κ2) is 7.88. The second-order valence-electron chi connectivity index (χ2n) is 7.39. The Morgan fingerprint density at radius 3 is 2.56 bits per heavy atom. The van der Waals surface area contributed by atoms with Crippen LogP contribution in [0.5, 0.6) is 11.5 Å². The zero-order valence-electron chi connectivity index (χ0n) is 16.8. The van der Waals surface area contributed by atoms with Gasteiger partial charge < -0.3 is 23.9 Å². The van der Waals surface area contributed by atoms with Gasteiger partial charge >= 0.3 is 0 Å². The van der Waals surface area contributed by atoms with Crippen LogP contribution in [-0.4, -0.2) is 34.9 Å². The molecular weight excluding hydrogens is 417 g/mol. The predicted molar refractivity (Wildman–Crippen MR) is 110 cm³/mol. The van der Waals surface area contributed by atoms with Crippen molar-refractivity contribution < 1.29 is 33.0 Å². The largest absolute Gasteiger partial charge is 0.507 e. The molecule has 162 valence electrons. The third-order valence-electron chi connectivity index (χ3n) is 5.46. The lowest BCUT2D eigenvalue weighted by Crippen LogP contribution is -2.29. The summed E-state index contributed by atoms with van der Waals surface area (Å²) >= 11 is 0. The third-order valence-corrected chi connectivity index (χ3v) is 5.46. The van der Waals surface area contributed by atoms with Gasteiger partial charge in [0.25, 0.3) is 11.7 Å². The number of rotatable bonds is 4. The van der Waals surface area contributed by atoms with E-state index < -0.39 is 29.3 Å². The molecule has 0 bridgehead atoms. The lowest BCUT2D eigenvalue weighted by atomic mass is 9.94. The van der Waals surface area contributed by atoms with Crippen molar-refractivity contribution in [2.75, 3.05) is 13.2 Å². The molecule has 3 aromatic rings. The summed E-state index contributed by atoms with van der Waals surface area (Å²) in [4.78, 5) is 27.1. The zero-order valence-corrected chi connectivity index (χ0v) is 16.8. The van der Waals surface area contributed by atoms with Crippen LogP contribution in [0.2, 0.25) is 0 Å². The average Bonchev–Trinajstić information content (AvgIpc) is 3.41. The number of benzene rings is 2. The SMILES string of the molecule is O=C1C(=O)N(Cc2ccco2)[C@@H](c2ccccc2F)C1=C(O)c1ccc2c(c1)OCCO2. The molecule has 0 unspecified atom stereocenters. The maximum Gasteiger partial charge on any atom is 0.296 e. The molecule has 8 heteroatoms. The molecule has 2 aliphatic rings. The molecule has 1 N–H and O–H groups in total. The predicted octanol–water partition coefficient (Wildman–Crippen LogP) is 3.81. The minimum absolute atomic E-state index is 0.0610. The molecule has 0 radical (unpaired) electrons. The van der Waals surface area contributed by atoms with E-state index in [1.165, 1.54) is 35.4 Å². The highest BCUT2D eigenvalue weighted by Crippen LogP contribution is 2.42. The Kier molecular flexibility index (Phi) is 4.89. The first-order valence-electron chi connectivity index (χ1n) is 10.00. The summed E-state index contributed by atoms with van der Waals surface area (Å²) < 4.78 is 31.2. The summed E-state index contributed by atoms with van der Waals surface area (Å²) in [5, 5.41) is 11.1. The van der Waals surface area contributed by atoms with E-state index in [0.717, 1.165) is 0 Å². The topological polar surface area (TPSA) is 89.2 Å². The number of halogens is 1. The van der Waals surface area contributed by atoms with Crippen LogP contribution in [0.1, 0.15) is 22.9 Å². The van der Waals surface area contributed by atoms with Crippen LogP contribution in [0.3, 0.4) is 0 Å². The Morgan fingerprint density at radius 2 is 1.81 bits per heavy atom. The van der Waals surface area contributed by atoms with Crippen LogP contribution < -0.4 is 9.47 Å². The van der Waals surface area contributed by atoms with Crippen LogP contribution in [-0.2, 0) is 16.1 Å². The summed E-state index contributed by atoms with van der Waals surface area (Å²) in [5.74, 6) is -1.43. The van der Waals surface area contributed by atoms with Crippen molar-refractivity contribution in [3.63, 3.8) is 0 Å². The lowest BCUT2D eigenvalue weighted by Gasteiger charge is -2.25. The van der Waals surface area contributed by atoms with Gasteiger partial charge in [-0.25, -0.2) is 4.39 Å². The number of nitrogens with zero attached hydrogens (tertiary/aromatic N) is 1. The fraction of sp³-hybridized carbons (Fsp3) is 0.167. The van der Waals surface area contributed by atoms with Crippen molar-refractivity contribution in [2.45, 2.75) is 12.6 Å². The highest BCUT2D eigenvalue weighted by Gasteiger charge is 2.47. The molecule has 3 heterocycles. The normalized spacial score (nSPS) is 19.4. The van der Waals surface area contributed by atoms with E-state index in [1.54, 1.807) is 30.3 Å². The number of aliphatic hydroxyl groups is 1. The number of furan rings is 1. The maximum atomic E-state index is 14.8. The molecule has 5 rings (SSSR count). The van der Waals surface area contributed by atoms with Gasteiger partial charge in [0.2, 0.25) is 0 Å². The first-order valence-corrected chi connectivity index (χ1v) is 10.00. The molecule has 2 aromatic carbocycles. The number of ether oxygens (including phenoxy) is 2. The molecule has 1 fully saturated rings. The molecule has 1 saturated heterocycles. The molecule has 1 amide bonds. The van der Waals surface area contributed by atoms with Gasteiger partial charge in [-0.15, -0.1) is 0 Å². The highest BCUT2D eigenvalue weighted by molar-refractivity contribution is 6.46. The quantitative estimate of drug-likeness (QED) is 0.381. The number of Topliss-reactive ketones (excluding diaryl/α,β-unsaturated/α-hetero) is 1. The monoisotopic (exact) mass is 435 g/mol. The van der Waals surface area contributed by atoms with E-state index in [-0.39, 0.29) is 23.2 Å². The Morgan fingerprint density at radius 1 is 1.03 bits per heavy atom. The molecule has 2 aliphatic heterocycles. The first-order chi connectivity index (χ1) is 15.5. The summed E-state index contributed by atoms with van der Waals surface area (Å²) in [6, 6.07) is 12.7. The van der Waals surface area contributed by atoms with E-state index in [0.29, 0.717) is 30.5 Å². The van der Waals surface area contributed by atoms with Crippen molar-refractivity contribution >= 4 is 17.4 Å². The Balaban J connectivity index is 1.65. The molecule has 0 aliphatic carbocycles. The van der Waals surface area contributed by atoms with Crippen molar-refractivity contribution in [1.82, 2.24) is 4.90 Å². The van der Waals surface area contributed by atoms with Crippen molar-refractivity contribution in [1.29, 1.82) is 0 Å². The van der Waals surface area contributed by atoms with E-state index >= 15 is 0 Å². The van der Waals surface area contributed by atoms with Crippen LogP contribution in [0, 0.1) is 5.82 Å². The number of hydrogen-bond acceptors (Lipinski definition) is 6. The van der Waals surface area contributed by atoms with Crippen molar-refractivity contribution in [3.05, 3.63) is 89.1 Å². The number of carbonyl (C=O) groups is 2. The van der Waals surface area contributed by atoms with Gasteiger partial charge in [0.1, 0.15) is 30.6 Å². The third kappa shape index (κ3) is 3.30. The minimum Gasteiger partial charge on any atom is -0.507 e. The Labute approximate surface area is 182 Å². The van der Waals surface area contributed by atoms with Crippen LogP contribution in [0.15, 0.2) is 70.9 Å². The number of hydrogen-bond donors (Lipinski definition) is 1. The summed E-state index contributed by atoms with van der Waals surface area (Å²) in [6.45, 7) is 0.692. The summed E-state index contributed by atoms with van der Waals surface area (Å²) in [5.41, 5.74) is 0.146. The lowest BCUT2D eigenvalue weighted by molar-refractivity contribution is -0.140. The molecule has 0 saturated carbocycles. The summed E-state index contributed by atoms with van der Waals surface area (Å²) in [7, 11) is 0. The van der Waals surface area contributed by atoms with Gasteiger partial charge in [0, 0.05) is 11.1 Å². The number of likely N-dealkylation sites (tertiary alicyclic amines) is 1. The molecule has 7 nitrogen and oxygen atoms in total. The van der Waals surface area contributed by atoms with Gasteiger partial charge in [0.15, 0.2) is 11.5 Å². The second-order valence-corrected chi connectivity index (χ2v) is 7.39. The van der Waals surface area contributed by atoms with Crippen molar-refractivity contribution in [2.24, 2.45) is 0 Å².